The Bertz CT molecular complexity index is 913. The number of hydrogen-bond acceptors (Lipinski definition) is 5. The number of H-pyrrole nitrogens is 1. The van der Waals surface area contributed by atoms with Gasteiger partial charge in [-0.2, -0.15) is 5.10 Å². The zero-order valence-electron chi connectivity index (χ0n) is 13.8. The van der Waals surface area contributed by atoms with Crippen molar-refractivity contribution in [3.05, 3.63) is 41.7 Å². The Balaban J connectivity index is 1.56. The molecule has 1 unspecified atom stereocenters. The lowest BCUT2D eigenvalue weighted by Crippen LogP contribution is -2.45. The van der Waals surface area contributed by atoms with Gasteiger partial charge in [-0.1, -0.05) is 0 Å². The molecule has 1 spiro atoms. The lowest BCUT2D eigenvalue weighted by molar-refractivity contribution is 0.334. The molecule has 0 aromatic carbocycles. The molecule has 1 N–H and O–H groups in total. The molecule has 0 amide bonds. The second-order valence-electron chi connectivity index (χ2n) is 7.06. The Kier molecular flexibility index (Phi) is 2.89. The summed E-state index contributed by atoms with van der Waals surface area (Å²) in [5, 5.41) is 8.24. The Morgan fingerprint density at radius 1 is 1.21 bits per heavy atom. The summed E-state index contributed by atoms with van der Waals surface area (Å²) in [4.78, 5) is 16.1. The van der Waals surface area contributed by atoms with Crippen LogP contribution in [0.4, 0.5) is 5.69 Å². The van der Waals surface area contributed by atoms with Crippen LogP contribution in [0.1, 0.15) is 36.3 Å². The minimum Gasteiger partial charge on any atom is -0.370 e. The normalized spacial score (nSPS) is 23.1. The molecule has 3 aromatic heterocycles. The van der Waals surface area contributed by atoms with Gasteiger partial charge in [-0.25, -0.2) is 15.0 Å². The first-order valence-corrected chi connectivity index (χ1v) is 8.61. The third-order valence-corrected chi connectivity index (χ3v) is 5.61. The molecule has 122 valence electrons. The lowest BCUT2D eigenvalue weighted by atomic mass is 9.77. The lowest BCUT2D eigenvalue weighted by Gasteiger charge is -2.41. The minimum absolute atomic E-state index is 0.167. The van der Waals surface area contributed by atoms with E-state index in [0.717, 1.165) is 36.4 Å². The first-order chi connectivity index (χ1) is 11.8. The molecule has 3 aromatic rings. The van der Waals surface area contributed by atoms with E-state index in [1.807, 2.05) is 25.5 Å². The highest BCUT2D eigenvalue weighted by atomic mass is 15.2. The zero-order valence-corrected chi connectivity index (χ0v) is 13.8. The molecule has 0 radical (unpaired) electrons. The van der Waals surface area contributed by atoms with Crippen molar-refractivity contribution in [1.82, 2.24) is 25.1 Å². The third-order valence-electron chi connectivity index (χ3n) is 5.61. The van der Waals surface area contributed by atoms with E-state index >= 15 is 0 Å². The van der Waals surface area contributed by atoms with E-state index in [-0.39, 0.29) is 5.41 Å². The molecule has 5 rings (SSSR count). The summed E-state index contributed by atoms with van der Waals surface area (Å²) in [7, 11) is 0. The molecular weight excluding hydrogens is 300 g/mol. The van der Waals surface area contributed by atoms with Crippen LogP contribution in [0, 0.1) is 6.92 Å². The fourth-order valence-corrected chi connectivity index (χ4v) is 4.48. The maximum absolute atomic E-state index is 4.84. The first kappa shape index (κ1) is 13.9. The van der Waals surface area contributed by atoms with Crippen LogP contribution < -0.4 is 4.90 Å². The van der Waals surface area contributed by atoms with Gasteiger partial charge in [0.1, 0.15) is 5.82 Å². The SMILES string of the molecule is Cc1ncc2c(n1)C1(CCCN(c3ccnc4[nH]ncc34)C1)CC2. The number of pyridine rings is 1. The van der Waals surface area contributed by atoms with Crippen LogP contribution in [-0.4, -0.2) is 38.2 Å². The van der Waals surface area contributed by atoms with Crippen LogP contribution in [-0.2, 0) is 11.8 Å². The molecule has 1 aliphatic heterocycles. The van der Waals surface area contributed by atoms with E-state index in [4.69, 9.17) is 4.98 Å². The molecule has 4 heterocycles. The number of aryl methyl sites for hydroxylation is 2. The monoisotopic (exact) mass is 320 g/mol. The molecule has 1 aliphatic carbocycles. The number of aromatic amines is 1. The summed E-state index contributed by atoms with van der Waals surface area (Å²) in [6, 6.07) is 2.11. The Labute approximate surface area is 140 Å². The number of anilines is 1. The summed E-state index contributed by atoms with van der Waals surface area (Å²) in [5.41, 5.74) is 4.88. The first-order valence-electron chi connectivity index (χ1n) is 8.61. The summed E-state index contributed by atoms with van der Waals surface area (Å²) >= 11 is 0. The van der Waals surface area contributed by atoms with Gasteiger partial charge in [0.2, 0.25) is 0 Å². The number of rotatable bonds is 1. The molecule has 6 nitrogen and oxygen atoms in total. The molecular formula is C18H20N6. The summed E-state index contributed by atoms with van der Waals surface area (Å²) < 4.78 is 0. The number of hydrogen-bond donors (Lipinski definition) is 1. The Morgan fingerprint density at radius 2 is 2.17 bits per heavy atom. The van der Waals surface area contributed by atoms with Crippen LogP contribution in [0.2, 0.25) is 0 Å². The van der Waals surface area contributed by atoms with E-state index in [1.165, 1.54) is 36.2 Å². The molecule has 0 bridgehead atoms. The van der Waals surface area contributed by atoms with E-state index in [2.05, 4.69) is 31.1 Å². The number of aromatic nitrogens is 5. The predicted octanol–water partition coefficient (Wildman–Crippen LogP) is 2.54. The second kappa shape index (κ2) is 5.00. The Morgan fingerprint density at radius 3 is 3.12 bits per heavy atom. The van der Waals surface area contributed by atoms with Gasteiger partial charge in [-0.3, -0.25) is 5.10 Å². The van der Waals surface area contributed by atoms with Crippen molar-refractivity contribution in [2.24, 2.45) is 0 Å². The van der Waals surface area contributed by atoms with Gasteiger partial charge in [0, 0.05) is 30.9 Å². The smallest absolute Gasteiger partial charge is 0.157 e. The average Bonchev–Trinajstić information content (AvgIpc) is 3.21. The minimum atomic E-state index is 0.167. The van der Waals surface area contributed by atoms with Crippen LogP contribution in [0.5, 0.6) is 0 Å². The standard InChI is InChI=1S/C18H20N6/c1-12-20-9-13-3-6-18(16(13)22-12)5-2-8-24(11-18)15-4-7-19-17-14(15)10-21-23-17/h4,7,9-10H,2-3,5-6,8,11H2,1H3,(H,19,21,23). The van der Waals surface area contributed by atoms with Crippen LogP contribution in [0.3, 0.4) is 0 Å². The van der Waals surface area contributed by atoms with Gasteiger partial charge in [-0.05, 0) is 44.2 Å². The van der Waals surface area contributed by atoms with Crippen molar-refractivity contribution >= 4 is 16.7 Å². The summed E-state index contributed by atoms with van der Waals surface area (Å²) in [6.07, 6.45) is 10.5. The summed E-state index contributed by atoms with van der Waals surface area (Å²) in [5.74, 6) is 0.883. The quantitative estimate of drug-likeness (QED) is 0.746. The molecule has 1 saturated heterocycles. The molecule has 2 aliphatic rings. The molecule has 6 heteroatoms. The van der Waals surface area contributed by atoms with Crippen LogP contribution in [0.25, 0.3) is 11.0 Å². The number of fused-ring (bicyclic) bond motifs is 3. The summed E-state index contributed by atoms with van der Waals surface area (Å²) in [6.45, 7) is 4.08. The number of nitrogens with one attached hydrogen (secondary N) is 1. The van der Waals surface area contributed by atoms with Gasteiger partial charge in [0.05, 0.1) is 23.0 Å². The van der Waals surface area contributed by atoms with E-state index in [0.29, 0.717) is 0 Å². The van der Waals surface area contributed by atoms with Crippen molar-refractivity contribution in [2.45, 2.75) is 38.0 Å². The topological polar surface area (TPSA) is 70.6 Å². The van der Waals surface area contributed by atoms with Crippen molar-refractivity contribution in [3.8, 4) is 0 Å². The molecule has 1 fully saturated rings. The van der Waals surface area contributed by atoms with Gasteiger partial charge in [0.25, 0.3) is 0 Å². The van der Waals surface area contributed by atoms with E-state index in [9.17, 15) is 0 Å². The highest BCUT2D eigenvalue weighted by Gasteiger charge is 2.43. The third kappa shape index (κ3) is 1.95. The van der Waals surface area contributed by atoms with Gasteiger partial charge in [0.15, 0.2) is 5.65 Å². The average molecular weight is 320 g/mol. The zero-order chi connectivity index (χ0) is 16.1. The van der Waals surface area contributed by atoms with Gasteiger partial charge < -0.3 is 4.90 Å². The van der Waals surface area contributed by atoms with E-state index < -0.39 is 0 Å². The maximum Gasteiger partial charge on any atom is 0.157 e. The van der Waals surface area contributed by atoms with Gasteiger partial charge >= 0.3 is 0 Å². The van der Waals surface area contributed by atoms with Crippen molar-refractivity contribution in [1.29, 1.82) is 0 Å². The van der Waals surface area contributed by atoms with Crippen molar-refractivity contribution < 1.29 is 0 Å². The fraction of sp³-hybridized carbons (Fsp3) is 0.444. The van der Waals surface area contributed by atoms with Crippen molar-refractivity contribution in [2.75, 3.05) is 18.0 Å². The Hall–Kier alpha value is -2.50. The van der Waals surface area contributed by atoms with Crippen LogP contribution >= 0.6 is 0 Å². The number of piperidine rings is 1. The highest BCUT2D eigenvalue weighted by Crippen LogP contribution is 2.45. The second-order valence-corrected chi connectivity index (χ2v) is 7.06. The van der Waals surface area contributed by atoms with Crippen LogP contribution in [0.15, 0.2) is 24.7 Å². The van der Waals surface area contributed by atoms with Crippen molar-refractivity contribution in [3.63, 3.8) is 0 Å². The molecule has 1 atom stereocenters. The molecule has 0 saturated carbocycles. The fourth-order valence-electron chi connectivity index (χ4n) is 4.48. The maximum atomic E-state index is 4.84. The highest BCUT2D eigenvalue weighted by molar-refractivity contribution is 5.88. The largest absolute Gasteiger partial charge is 0.370 e. The number of nitrogens with zero attached hydrogens (tertiary/aromatic N) is 5. The van der Waals surface area contributed by atoms with Gasteiger partial charge in [-0.15, -0.1) is 0 Å². The predicted molar refractivity (Wildman–Crippen MR) is 92.1 cm³/mol. The van der Waals surface area contributed by atoms with E-state index in [1.54, 1.807) is 0 Å². The molecule has 24 heavy (non-hydrogen) atoms.